The van der Waals surface area contributed by atoms with Gasteiger partial charge in [0, 0.05) is 5.70 Å². The van der Waals surface area contributed by atoms with Crippen molar-refractivity contribution in [1.82, 2.24) is 0 Å². The molecule has 0 heterocycles. The van der Waals surface area contributed by atoms with Gasteiger partial charge in [0.1, 0.15) is 0 Å². The van der Waals surface area contributed by atoms with Crippen molar-refractivity contribution in [1.29, 1.82) is 0 Å². The van der Waals surface area contributed by atoms with E-state index in [9.17, 15) is 13.2 Å². The molecule has 0 unspecified atom stereocenters. The minimum atomic E-state index is -4.40. The Labute approximate surface area is 147 Å². The Balaban J connectivity index is 2.13. The summed E-state index contributed by atoms with van der Waals surface area (Å²) in [5.41, 5.74) is 7.95. The maximum atomic E-state index is 13.3. The summed E-state index contributed by atoms with van der Waals surface area (Å²) in [5.74, 6) is 0. The number of nitrogens with two attached hydrogens (primary N) is 1. The molecule has 0 saturated heterocycles. The molecule has 2 aromatic rings. The summed E-state index contributed by atoms with van der Waals surface area (Å²) in [5, 5.41) is 0. The van der Waals surface area contributed by atoms with Gasteiger partial charge in [-0.25, -0.2) is 0 Å². The molecule has 0 radical (unpaired) electrons. The third-order valence-corrected chi connectivity index (χ3v) is 4.31. The summed E-state index contributed by atoms with van der Waals surface area (Å²) in [7, 11) is 0. The van der Waals surface area contributed by atoms with Crippen LogP contribution >= 0.6 is 0 Å². The summed E-state index contributed by atoms with van der Waals surface area (Å²) < 4.78 is 40.0. The van der Waals surface area contributed by atoms with Gasteiger partial charge in [-0.15, -0.1) is 0 Å². The maximum absolute atomic E-state index is 13.3. The summed E-state index contributed by atoms with van der Waals surface area (Å²) in [6.07, 6.45) is -0.162. The minimum Gasteiger partial charge on any atom is -0.399 e. The van der Waals surface area contributed by atoms with Crippen LogP contribution in [0.4, 0.5) is 13.2 Å². The first kappa shape index (κ1) is 19.1. The summed E-state index contributed by atoms with van der Waals surface area (Å²) in [6.45, 7) is 5.66. The zero-order chi connectivity index (χ0) is 18.4. The van der Waals surface area contributed by atoms with Crippen LogP contribution in [0.25, 0.3) is 5.70 Å². The van der Waals surface area contributed by atoms with Gasteiger partial charge >= 0.3 is 6.18 Å². The van der Waals surface area contributed by atoms with Crippen molar-refractivity contribution in [2.24, 2.45) is 5.73 Å². The molecule has 2 rings (SSSR count). The smallest absolute Gasteiger partial charge is 0.399 e. The topological polar surface area (TPSA) is 26.0 Å². The second-order valence-corrected chi connectivity index (χ2v) is 6.31. The van der Waals surface area contributed by atoms with Gasteiger partial charge < -0.3 is 5.73 Å². The average Bonchev–Trinajstić information content (AvgIpc) is 2.58. The first-order valence-corrected chi connectivity index (χ1v) is 8.54. The molecule has 0 bridgehead atoms. The van der Waals surface area contributed by atoms with Crippen LogP contribution in [0.1, 0.15) is 47.6 Å². The van der Waals surface area contributed by atoms with E-state index in [2.05, 4.69) is 25.6 Å². The molecule has 0 aliphatic rings. The zero-order valence-corrected chi connectivity index (χ0v) is 14.5. The quantitative estimate of drug-likeness (QED) is 0.677. The van der Waals surface area contributed by atoms with Gasteiger partial charge in [-0.3, -0.25) is 0 Å². The van der Waals surface area contributed by atoms with E-state index in [4.69, 9.17) is 5.73 Å². The third-order valence-electron chi connectivity index (χ3n) is 4.31. The summed E-state index contributed by atoms with van der Waals surface area (Å²) in [4.78, 5) is 0. The Morgan fingerprint density at radius 1 is 0.960 bits per heavy atom. The third kappa shape index (κ3) is 5.38. The molecule has 0 amide bonds. The number of halogens is 3. The predicted molar refractivity (Wildman–Crippen MR) is 97.1 cm³/mol. The van der Waals surface area contributed by atoms with Gasteiger partial charge in [0.25, 0.3) is 0 Å². The Morgan fingerprint density at radius 3 is 2.08 bits per heavy atom. The lowest BCUT2D eigenvalue weighted by molar-refractivity contribution is -0.138. The molecule has 0 fully saturated rings. The van der Waals surface area contributed by atoms with Crippen LogP contribution < -0.4 is 5.73 Å². The molecular weight excluding hydrogens is 323 g/mol. The van der Waals surface area contributed by atoms with Crippen LogP contribution in [0.3, 0.4) is 0 Å². The minimum absolute atomic E-state index is 0.139. The maximum Gasteiger partial charge on any atom is 0.416 e. The highest BCUT2D eigenvalue weighted by atomic mass is 19.4. The molecule has 134 valence electrons. The number of rotatable bonds is 7. The Morgan fingerprint density at radius 2 is 1.56 bits per heavy atom. The van der Waals surface area contributed by atoms with Crippen molar-refractivity contribution in [3.63, 3.8) is 0 Å². The number of unbranched alkanes of at least 4 members (excludes halogenated alkanes) is 1. The van der Waals surface area contributed by atoms with Crippen molar-refractivity contribution in [2.75, 3.05) is 0 Å². The molecule has 2 N–H and O–H groups in total. The van der Waals surface area contributed by atoms with Gasteiger partial charge in [0.15, 0.2) is 0 Å². The van der Waals surface area contributed by atoms with Crippen molar-refractivity contribution in [3.8, 4) is 0 Å². The monoisotopic (exact) mass is 347 g/mol. The molecule has 0 aliphatic heterocycles. The summed E-state index contributed by atoms with van der Waals surface area (Å²) in [6, 6.07) is 12.3. The number of hydrogen-bond donors (Lipinski definition) is 1. The summed E-state index contributed by atoms with van der Waals surface area (Å²) >= 11 is 0. The Kier molecular flexibility index (Phi) is 6.29. The lowest BCUT2D eigenvalue weighted by Gasteiger charge is -2.15. The number of alkyl halides is 3. The Hall–Kier alpha value is -2.23. The highest BCUT2D eigenvalue weighted by molar-refractivity contribution is 5.61. The first-order chi connectivity index (χ1) is 11.8. The van der Waals surface area contributed by atoms with E-state index < -0.39 is 11.7 Å². The van der Waals surface area contributed by atoms with E-state index in [-0.39, 0.29) is 11.3 Å². The fourth-order valence-electron chi connectivity index (χ4n) is 2.79. The fourth-order valence-corrected chi connectivity index (χ4v) is 2.79. The lowest BCUT2D eigenvalue weighted by atomic mass is 9.96. The van der Waals surface area contributed by atoms with E-state index in [1.165, 1.54) is 11.6 Å². The predicted octanol–water partition coefficient (Wildman–Crippen LogP) is 5.76. The molecular formula is C21H24F3N. The van der Waals surface area contributed by atoms with E-state index in [1.807, 2.05) is 12.1 Å². The van der Waals surface area contributed by atoms with Crippen molar-refractivity contribution in [2.45, 2.75) is 45.2 Å². The van der Waals surface area contributed by atoms with E-state index in [0.717, 1.165) is 30.9 Å². The molecule has 0 aliphatic carbocycles. The highest BCUT2D eigenvalue weighted by Crippen LogP contribution is 2.34. The normalized spacial score (nSPS) is 11.5. The second-order valence-electron chi connectivity index (χ2n) is 6.31. The van der Waals surface area contributed by atoms with Crippen LogP contribution in [-0.2, 0) is 25.4 Å². The van der Waals surface area contributed by atoms with Crippen molar-refractivity contribution < 1.29 is 13.2 Å². The molecule has 0 saturated carbocycles. The molecule has 25 heavy (non-hydrogen) atoms. The van der Waals surface area contributed by atoms with Gasteiger partial charge in [0.2, 0.25) is 0 Å². The van der Waals surface area contributed by atoms with Crippen molar-refractivity contribution in [3.05, 3.63) is 76.9 Å². The second kappa shape index (κ2) is 8.24. The molecule has 0 atom stereocenters. The fraction of sp³-hybridized carbons (Fsp3) is 0.333. The van der Waals surface area contributed by atoms with Crippen LogP contribution in [0, 0.1) is 0 Å². The largest absolute Gasteiger partial charge is 0.416 e. The van der Waals surface area contributed by atoms with Gasteiger partial charge in [-0.1, -0.05) is 56.3 Å². The molecule has 0 aromatic heterocycles. The average molecular weight is 347 g/mol. The Bertz CT molecular complexity index is 715. The first-order valence-electron chi connectivity index (χ1n) is 8.54. The van der Waals surface area contributed by atoms with Gasteiger partial charge in [-0.05, 0) is 54.0 Å². The molecule has 2 aromatic carbocycles. The lowest BCUT2D eigenvalue weighted by Crippen LogP contribution is -2.11. The van der Waals surface area contributed by atoms with E-state index in [0.29, 0.717) is 18.4 Å². The van der Waals surface area contributed by atoms with Crippen LogP contribution in [0.5, 0.6) is 0 Å². The standard InChI is InChI=1S/C21H24F3N/c1-3-4-5-16-6-8-17(9-7-16)10-11-18-12-13-19(15(2)25)14-20(18)21(22,23)24/h6-9,12-14H,2-5,10-11,25H2,1H3. The van der Waals surface area contributed by atoms with Gasteiger partial charge in [0.05, 0.1) is 5.56 Å². The van der Waals surface area contributed by atoms with Gasteiger partial charge in [-0.2, -0.15) is 13.2 Å². The van der Waals surface area contributed by atoms with Crippen molar-refractivity contribution >= 4 is 5.70 Å². The SMILES string of the molecule is C=C(N)c1ccc(CCc2ccc(CCCC)cc2)c(C(F)(F)F)c1. The number of aryl methyl sites for hydroxylation is 3. The highest BCUT2D eigenvalue weighted by Gasteiger charge is 2.33. The van der Waals surface area contributed by atoms with Crippen LogP contribution in [-0.4, -0.2) is 0 Å². The number of benzene rings is 2. The van der Waals surface area contributed by atoms with E-state index in [1.54, 1.807) is 6.07 Å². The molecule has 1 nitrogen and oxygen atoms in total. The van der Waals surface area contributed by atoms with E-state index >= 15 is 0 Å². The zero-order valence-electron chi connectivity index (χ0n) is 14.5. The molecule has 4 heteroatoms. The number of hydrogen-bond acceptors (Lipinski definition) is 1. The molecule has 0 spiro atoms. The van der Waals surface area contributed by atoms with Crippen LogP contribution in [0.15, 0.2) is 49.0 Å². The van der Waals surface area contributed by atoms with Crippen LogP contribution in [0.2, 0.25) is 0 Å².